The van der Waals surface area contributed by atoms with E-state index in [1.165, 1.54) is 23.1 Å². The van der Waals surface area contributed by atoms with Crippen molar-refractivity contribution in [2.24, 2.45) is 0 Å². The van der Waals surface area contributed by atoms with Gasteiger partial charge in [0, 0.05) is 5.75 Å². The summed E-state index contributed by atoms with van der Waals surface area (Å²) in [6.45, 7) is -3.02. The average molecular weight is 354 g/mol. The molecule has 0 bridgehead atoms. The number of hydrogen-bond acceptors (Lipinski definition) is 9. The van der Waals surface area contributed by atoms with Crippen LogP contribution in [0.1, 0.15) is 21.5 Å². The van der Waals surface area contributed by atoms with E-state index in [-0.39, 0.29) is 17.6 Å². The van der Waals surface area contributed by atoms with Crippen LogP contribution < -0.4 is 10.4 Å². The van der Waals surface area contributed by atoms with Crippen molar-refractivity contribution in [2.45, 2.75) is 22.8 Å². The van der Waals surface area contributed by atoms with Crippen LogP contribution in [0.4, 0.5) is 5.13 Å². The van der Waals surface area contributed by atoms with Gasteiger partial charge in [-0.3, -0.25) is 0 Å². The Morgan fingerprint density at radius 1 is 1.43 bits per heavy atom. The number of nitrogens with two attached hydrogens (primary N) is 1. The van der Waals surface area contributed by atoms with Gasteiger partial charge in [0.25, 0.3) is 0 Å². The van der Waals surface area contributed by atoms with Crippen molar-refractivity contribution in [3.05, 3.63) is 28.8 Å². The highest BCUT2D eigenvalue weighted by atomic mass is 32.2. The molecule has 8 nitrogen and oxygen atoms in total. The number of thioether (sulfide) groups is 1. The first-order valence-corrected chi connectivity index (χ1v) is 8.55. The quantitative estimate of drug-likeness (QED) is 0.467. The van der Waals surface area contributed by atoms with Crippen molar-refractivity contribution in [3.63, 3.8) is 0 Å². The lowest BCUT2D eigenvalue weighted by Crippen LogP contribution is -2.45. The lowest BCUT2D eigenvalue weighted by atomic mass is 9.70. The predicted octanol–water partition coefficient (Wildman–Crippen LogP) is 0.969. The van der Waals surface area contributed by atoms with Gasteiger partial charge >= 0.3 is 12.7 Å². The number of aromatic nitrogens is 2. The fraction of sp³-hybridized carbons (Fsp3) is 0.250. The minimum atomic E-state index is -3.02. The SMILES string of the molecule is Nc1nnc(SCc2ccc3c(c2C(=O)O)O[B-](O)(O)CC3)s1. The molecule has 0 aliphatic carbocycles. The fourth-order valence-electron chi connectivity index (χ4n) is 2.36. The third-order valence-corrected chi connectivity index (χ3v) is 5.34. The minimum absolute atomic E-state index is 0.0311. The summed E-state index contributed by atoms with van der Waals surface area (Å²) < 4.78 is 5.77. The molecular weight excluding hydrogens is 341 g/mol. The molecule has 2 aromatic rings. The standard InChI is InChI=1S/C12H13BN3O5S2/c14-11-15-16-12(23-11)22-5-7-2-1-6-3-4-13(19,20)21-9(6)8(7)10(17)18/h1-2,19-20H,3-5H2,(H2,14,15)(H,17,18)/q-1. The van der Waals surface area contributed by atoms with Gasteiger partial charge in [-0.15, -0.1) is 10.2 Å². The third kappa shape index (κ3) is 3.42. The van der Waals surface area contributed by atoms with E-state index in [1.807, 2.05) is 0 Å². The van der Waals surface area contributed by atoms with E-state index in [4.69, 9.17) is 10.4 Å². The molecule has 0 spiro atoms. The van der Waals surface area contributed by atoms with Crippen LogP contribution in [-0.4, -0.2) is 38.1 Å². The second kappa shape index (κ2) is 6.00. The molecule has 0 saturated heterocycles. The number of nitrogen functional groups attached to an aromatic ring is 1. The first-order valence-electron chi connectivity index (χ1n) is 6.75. The number of aryl methyl sites for hydroxylation is 1. The zero-order valence-corrected chi connectivity index (χ0v) is 13.4. The largest absolute Gasteiger partial charge is 0.669 e. The molecule has 0 unspecified atom stereocenters. The highest BCUT2D eigenvalue weighted by Crippen LogP contribution is 2.37. The first kappa shape index (κ1) is 16.1. The van der Waals surface area contributed by atoms with E-state index in [2.05, 4.69) is 10.2 Å². The third-order valence-electron chi connectivity index (χ3n) is 3.41. The molecule has 11 heteroatoms. The van der Waals surface area contributed by atoms with Gasteiger partial charge in [0.1, 0.15) is 5.56 Å². The topological polar surface area (TPSA) is 139 Å². The lowest BCUT2D eigenvalue weighted by molar-refractivity contribution is 0.0692. The number of carbonyl (C=O) groups is 1. The van der Waals surface area contributed by atoms with E-state index < -0.39 is 12.7 Å². The van der Waals surface area contributed by atoms with Crippen LogP contribution in [0.15, 0.2) is 16.5 Å². The fourth-order valence-corrected chi connectivity index (χ4v) is 3.99. The zero-order chi connectivity index (χ0) is 16.6. The van der Waals surface area contributed by atoms with Gasteiger partial charge in [-0.25, -0.2) is 4.79 Å². The van der Waals surface area contributed by atoms with E-state index in [1.54, 1.807) is 12.1 Å². The second-order valence-electron chi connectivity index (χ2n) is 5.10. The Morgan fingerprint density at radius 3 is 2.87 bits per heavy atom. The molecule has 23 heavy (non-hydrogen) atoms. The Morgan fingerprint density at radius 2 is 2.22 bits per heavy atom. The summed E-state index contributed by atoms with van der Waals surface area (Å²) >= 11 is 2.52. The Labute approximate surface area is 139 Å². The summed E-state index contributed by atoms with van der Waals surface area (Å²) in [5.74, 6) is -0.824. The van der Waals surface area contributed by atoms with Crippen molar-refractivity contribution in [3.8, 4) is 5.75 Å². The number of fused-ring (bicyclic) bond motifs is 1. The van der Waals surface area contributed by atoms with Crippen LogP contribution in [0.3, 0.4) is 0 Å². The maximum Gasteiger partial charge on any atom is 0.430 e. The number of hydrogen-bond donors (Lipinski definition) is 4. The normalized spacial score (nSPS) is 15.7. The smallest absolute Gasteiger partial charge is 0.430 e. The summed E-state index contributed by atoms with van der Waals surface area (Å²) in [6, 6.07) is 3.45. The van der Waals surface area contributed by atoms with Gasteiger partial charge in [-0.2, -0.15) is 0 Å². The molecule has 0 fully saturated rings. The van der Waals surface area contributed by atoms with E-state index >= 15 is 0 Å². The Bertz CT molecular complexity index is 767. The van der Waals surface area contributed by atoms with Gasteiger partial charge in [-0.05, 0) is 17.5 Å². The van der Waals surface area contributed by atoms with Crippen molar-refractivity contribution in [1.82, 2.24) is 10.2 Å². The molecular formula is C12H13BN3O5S2-. The van der Waals surface area contributed by atoms with Crippen LogP contribution in [0.2, 0.25) is 6.32 Å². The molecule has 0 amide bonds. The monoisotopic (exact) mass is 354 g/mol. The highest BCUT2D eigenvalue weighted by molar-refractivity contribution is 8.00. The van der Waals surface area contributed by atoms with E-state index in [0.29, 0.717) is 32.8 Å². The number of carboxylic acids is 1. The van der Waals surface area contributed by atoms with Crippen molar-refractivity contribution in [2.75, 3.05) is 5.73 Å². The number of benzene rings is 1. The summed E-state index contributed by atoms with van der Waals surface area (Å²) in [5, 5.41) is 36.8. The molecule has 122 valence electrons. The number of aromatic carboxylic acids is 1. The van der Waals surface area contributed by atoms with Crippen LogP contribution >= 0.6 is 23.1 Å². The average Bonchev–Trinajstić information content (AvgIpc) is 2.88. The zero-order valence-electron chi connectivity index (χ0n) is 11.8. The Balaban J connectivity index is 1.92. The van der Waals surface area contributed by atoms with Crippen molar-refractivity contribution < 1.29 is 24.6 Å². The molecule has 1 aromatic heterocycles. The summed E-state index contributed by atoms with van der Waals surface area (Å²) in [5.41, 5.74) is 6.61. The van der Waals surface area contributed by atoms with Crippen molar-refractivity contribution >= 4 is 41.0 Å². The summed E-state index contributed by atoms with van der Waals surface area (Å²) in [7, 11) is 0. The predicted molar refractivity (Wildman–Crippen MR) is 86.6 cm³/mol. The van der Waals surface area contributed by atoms with Gasteiger partial charge in [0.05, 0.1) is 5.75 Å². The minimum Gasteiger partial charge on any atom is -0.669 e. The number of carboxylic acid groups (broad SMARTS) is 1. The molecule has 0 saturated carbocycles. The molecule has 2 heterocycles. The van der Waals surface area contributed by atoms with Gasteiger partial charge in [0.15, 0.2) is 4.34 Å². The van der Waals surface area contributed by atoms with Gasteiger partial charge in [-0.1, -0.05) is 41.6 Å². The maximum absolute atomic E-state index is 11.6. The summed E-state index contributed by atoms with van der Waals surface area (Å²) in [6.07, 6.45) is 0.396. The van der Waals surface area contributed by atoms with Crippen LogP contribution in [0.5, 0.6) is 5.75 Å². The molecule has 1 aromatic carbocycles. The van der Waals surface area contributed by atoms with E-state index in [0.717, 1.165) is 0 Å². The molecule has 3 rings (SSSR count). The first-order chi connectivity index (χ1) is 10.9. The molecule has 0 radical (unpaired) electrons. The van der Waals surface area contributed by atoms with Crippen LogP contribution in [0, 0.1) is 0 Å². The number of rotatable bonds is 4. The Kier molecular flexibility index (Phi) is 4.19. The number of nitrogens with zero attached hydrogens (tertiary/aromatic N) is 2. The van der Waals surface area contributed by atoms with Crippen LogP contribution in [0.25, 0.3) is 0 Å². The lowest BCUT2D eigenvalue weighted by Gasteiger charge is -2.37. The number of anilines is 1. The molecule has 0 atom stereocenters. The second-order valence-corrected chi connectivity index (χ2v) is 7.33. The van der Waals surface area contributed by atoms with E-state index in [9.17, 15) is 19.9 Å². The van der Waals surface area contributed by atoms with Gasteiger partial charge in [0.2, 0.25) is 5.13 Å². The molecule has 1 aliphatic heterocycles. The maximum atomic E-state index is 11.6. The Hall–Kier alpha value is -1.82. The highest BCUT2D eigenvalue weighted by Gasteiger charge is 2.32. The summed E-state index contributed by atoms with van der Waals surface area (Å²) in [4.78, 5) is 11.6. The molecule has 5 N–H and O–H groups in total. The van der Waals surface area contributed by atoms with Crippen molar-refractivity contribution in [1.29, 1.82) is 0 Å². The van der Waals surface area contributed by atoms with Gasteiger partial charge < -0.3 is 25.5 Å². The molecule has 1 aliphatic rings. The van der Waals surface area contributed by atoms with Crippen LogP contribution in [-0.2, 0) is 12.2 Å².